The molecule has 0 radical (unpaired) electrons. The van der Waals surface area contributed by atoms with E-state index in [0.717, 1.165) is 30.2 Å². The van der Waals surface area contributed by atoms with E-state index in [2.05, 4.69) is 15.2 Å². The molecule has 0 amide bonds. The summed E-state index contributed by atoms with van der Waals surface area (Å²) in [6.07, 6.45) is 1.53. The number of aromatic nitrogens is 3. The van der Waals surface area contributed by atoms with Gasteiger partial charge in [0.1, 0.15) is 5.82 Å². The number of aryl methyl sites for hydroxylation is 2. The Bertz CT molecular complexity index is 603. The summed E-state index contributed by atoms with van der Waals surface area (Å²) in [5.41, 5.74) is 7.10. The van der Waals surface area contributed by atoms with Crippen molar-refractivity contribution in [2.24, 2.45) is 10.9 Å². The molecular weight excluding hydrogens is 242 g/mol. The van der Waals surface area contributed by atoms with Crippen LogP contribution in [0.15, 0.2) is 29.4 Å². The summed E-state index contributed by atoms with van der Waals surface area (Å²) in [6, 6.07) is 7.38. The maximum Gasteiger partial charge on any atom is 0.172 e. The van der Waals surface area contributed by atoms with Gasteiger partial charge in [-0.2, -0.15) is 5.10 Å². The van der Waals surface area contributed by atoms with Gasteiger partial charge in [-0.25, -0.2) is 9.67 Å². The molecule has 1 aromatic carbocycles. The summed E-state index contributed by atoms with van der Waals surface area (Å²) in [5.74, 6) is 1.70. The highest BCUT2D eigenvalue weighted by Crippen LogP contribution is 2.16. The van der Waals surface area contributed by atoms with Crippen LogP contribution in [0.25, 0.3) is 5.69 Å². The number of nitrogens with zero attached hydrogens (tertiary/aromatic N) is 4. The second-order valence-electron chi connectivity index (χ2n) is 4.07. The molecular formula is C13H17N5O. The first-order chi connectivity index (χ1) is 9.21. The van der Waals surface area contributed by atoms with Gasteiger partial charge in [0.15, 0.2) is 11.7 Å². The molecule has 0 spiro atoms. The van der Waals surface area contributed by atoms with Crippen molar-refractivity contribution in [2.45, 2.75) is 26.7 Å². The molecule has 19 heavy (non-hydrogen) atoms. The molecule has 0 aliphatic heterocycles. The first kappa shape index (κ1) is 13.1. The van der Waals surface area contributed by atoms with Crippen LogP contribution in [-0.2, 0) is 12.8 Å². The molecule has 0 atom stereocenters. The van der Waals surface area contributed by atoms with Crippen molar-refractivity contribution in [2.75, 3.05) is 0 Å². The number of rotatable bonds is 4. The van der Waals surface area contributed by atoms with Crippen LogP contribution in [0.3, 0.4) is 0 Å². The van der Waals surface area contributed by atoms with Crippen LogP contribution < -0.4 is 5.73 Å². The number of hydrogen-bond donors (Lipinski definition) is 2. The molecule has 2 rings (SSSR count). The normalized spacial score (nSPS) is 11.8. The summed E-state index contributed by atoms with van der Waals surface area (Å²) in [6.45, 7) is 4.03. The highest BCUT2D eigenvalue weighted by molar-refractivity contribution is 6.00. The molecule has 6 nitrogen and oxygen atoms in total. The van der Waals surface area contributed by atoms with Crippen molar-refractivity contribution >= 4 is 5.84 Å². The second-order valence-corrected chi connectivity index (χ2v) is 4.07. The Balaban J connectivity index is 2.61. The van der Waals surface area contributed by atoms with E-state index in [1.165, 1.54) is 0 Å². The molecule has 3 N–H and O–H groups in total. The fourth-order valence-corrected chi connectivity index (χ4v) is 1.89. The molecule has 0 bridgehead atoms. The fraction of sp³-hybridized carbons (Fsp3) is 0.308. The van der Waals surface area contributed by atoms with Gasteiger partial charge < -0.3 is 10.9 Å². The van der Waals surface area contributed by atoms with E-state index in [0.29, 0.717) is 5.56 Å². The first-order valence-electron chi connectivity index (χ1n) is 6.23. The Morgan fingerprint density at radius 2 is 2.05 bits per heavy atom. The molecule has 0 aliphatic rings. The molecule has 1 heterocycles. The number of oxime groups is 1. The summed E-state index contributed by atoms with van der Waals surface area (Å²) in [7, 11) is 0. The highest BCUT2D eigenvalue weighted by atomic mass is 16.4. The predicted octanol–water partition coefficient (Wildman–Crippen LogP) is 1.49. The van der Waals surface area contributed by atoms with Crippen molar-refractivity contribution in [1.82, 2.24) is 14.8 Å². The molecule has 0 saturated heterocycles. The van der Waals surface area contributed by atoms with Gasteiger partial charge in [0.25, 0.3) is 0 Å². The lowest BCUT2D eigenvalue weighted by atomic mass is 10.1. The zero-order valence-corrected chi connectivity index (χ0v) is 11.0. The Morgan fingerprint density at radius 3 is 2.68 bits per heavy atom. The molecule has 0 saturated carbocycles. The monoisotopic (exact) mass is 259 g/mol. The Labute approximate surface area is 111 Å². The minimum absolute atomic E-state index is 0.0613. The van der Waals surface area contributed by atoms with Crippen molar-refractivity contribution in [3.63, 3.8) is 0 Å². The summed E-state index contributed by atoms with van der Waals surface area (Å²) in [5, 5.41) is 16.4. The number of hydrogen-bond acceptors (Lipinski definition) is 4. The minimum Gasteiger partial charge on any atom is -0.409 e. The average molecular weight is 259 g/mol. The molecule has 0 aliphatic carbocycles. The van der Waals surface area contributed by atoms with Crippen LogP contribution >= 0.6 is 0 Å². The predicted molar refractivity (Wildman–Crippen MR) is 72.6 cm³/mol. The summed E-state index contributed by atoms with van der Waals surface area (Å²) in [4.78, 5) is 4.46. The van der Waals surface area contributed by atoms with Crippen LogP contribution in [0.4, 0.5) is 0 Å². The maximum atomic E-state index is 8.86. The minimum atomic E-state index is 0.0613. The molecule has 1 aromatic heterocycles. The van der Waals surface area contributed by atoms with Crippen molar-refractivity contribution in [3.8, 4) is 5.69 Å². The van der Waals surface area contributed by atoms with Crippen LogP contribution in [0.1, 0.15) is 31.1 Å². The zero-order chi connectivity index (χ0) is 13.8. The van der Waals surface area contributed by atoms with Crippen molar-refractivity contribution in [1.29, 1.82) is 0 Å². The van der Waals surface area contributed by atoms with E-state index in [-0.39, 0.29) is 5.84 Å². The van der Waals surface area contributed by atoms with Gasteiger partial charge in [-0.15, -0.1) is 0 Å². The van der Waals surface area contributed by atoms with Gasteiger partial charge in [-0.3, -0.25) is 0 Å². The Hall–Kier alpha value is -2.37. The molecule has 0 fully saturated rings. The third-order valence-corrected chi connectivity index (χ3v) is 2.87. The highest BCUT2D eigenvalue weighted by Gasteiger charge is 2.14. The van der Waals surface area contributed by atoms with E-state index < -0.39 is 0 Å². The quantitative estimate of drug-likeness (QED) is 0.377. The average Bonchev–Trinajstić information content (AvgIpc) is 2.89. The molecule has 2 aromatic rings. The van der Waals surface area contributed by atoms with Crippen LogP contribution in [0.5, 0.6) is 0 Å². The maximum absolute atomic E-state index is 8.86. The summed E-state index contributed by atoms with van der Waals surface area (Å²) >= 11 is 0. The van der Waals surface area contributed by atoms with E-state index in [1.54, 1.807) is 10.7 Å². The standard InChI is InChI=1S/C13H17N5O/c1-3-11-15-12(4-2)18(16-11)10-8-6-5-7-9(10)13(14)17-19/h5-8,19H,3-4H2,1-2H3,(H2,14,17). The number of nitrogens with two attached hydrogens (primary N) is 1. The van der Waals surface area contributed by atoms with Gasteiger partial charge in [-0.1, -0.05) is 31.1 Å². The Kier molecular flexibility index (Phi) is 3.79. The lowest BCUT2D eigenvalue weighted by Crippen LogP contribution is -2.17. The van der Waals surface area contributed by atoms with Crippen molar-refractivity contribution < 1.29 is 5.21 Å². The molecule has 6 heteroatoms. The van der Waals surface area contributed by atoms with Gasteiger partial charge in [0.2, 0.25) is 0 Å². The van der Waals surface area contributed by atoms with Crippen LogP contribution in [0, 0.1) is 0 Å². The fourth-order valence-electron chi connectivity index (χ4n) is 1.89. The summed E-state index contributed by atoms with van der Waals surface area (Å²) < 4.78 is 1.76. The van der Waals surface area contributed by atoms with Gasteiger partial charge in [0, 0.05) is 18.4 Å². The number of amidine groups is 1. The topological polar surface area (TPSA) is 89.3 Å². The smallest absolute Gasteiger partial charge is 0.172 e. The lowest BCUT2D eigenvalue weighted by molar-refractivity contribution is 0.318. The third kappa shape index (κ3) is 2.42. The Morgan fingerprint density at radius 1 is 1.32 bits per heavy atom. The van der Waals surface area contributed by atoms with E-state index in [1.807, 2.05) is 32.0 Å². The SMILES string of the molecule is CCc1nc(CC)n(-c2ccccc2C(N)=NO)n1. The number of para-hydroxylation sites is 1. The van der Waals surface area contributed by atoms with Gasteiger partial charge in [0.05, 0.1) is 5.69 Å². The third-order valence-electron chi connectivity index (χ3n) is 2.87. The van der Waals surface area contributed by atoms with Gasteiger partial charge in [-0.05, 0) is 12.1 Å². The van der Waals surface area contributed by atoms with Crippen LogP contribution in [0.2, 0.25) is 0 Å². The molecule has 100 valence electrons. The molecule has 0 unspecified atom stereocenters. The van der Waals surface area contributed by atoms with Gasteiger partial charge >= 0.3 is 0 Å². The second kappa shape index (κ2) is 5.51. The zero-order valence-electron chi connectivity index (χ0n) is 11.0. The lowest BCUT2D eigenvalue weighted by Gasteiger charge is -2.09. The van der Waals surface area contributed by atoms with E-state index in [9.17, 15) is 0 Å². The van der Waals surface area contributed by atoms with Crippen LogP contribution in [-0.4, -0.2) is 25.8 Å². The first-order valence-corrected chi connectivity index (χ1v) is 6.23. The van der Waals surface area contributed by atoms with Crippen molar-refractivity contribution in [3.05, 3.63) is 41.5 Å². The van der Waals surface area contributed by atoms with E-state index >= 15 is 0 Å². The number of benzene rings is 1. The van der Waals surface area contributed by atoms with E-state index in [4.69, 9.17) is 10.9 Å². The largest absolute Gasteiger partial charge is 0.409 e.